The smallest absolute Gasteiger partial charge is 0.359 e. The second-order valence-corrected chi connectivity index (χ2v) is 4.63. The van der Waals surface area contributed by atoms with Gasteiger partial charge >= 0.3 is 6.18 Å². The quantitative estimate of drug-likeness (QED) is 0.886. The summed E-state index contributed by atoms with van der Waals surface area (Å²) in [6.45, 7) is 0. The molecule has 0 aromatic heterocycles. The van der Waals surface area contributed by atoms with E-state index in [1.807, 2.05) is 0 Å². The molecule has 0 heterocycles. The number of nitrogens with one attached hydrogen (secondary N) is 1. The van der Waals surface area contributed by atoms with E-state index in [1.165, 1.54) is 19.2 Å². The van der Waals surface area contributed by atoms with E-state index in [9.17, 15) is 18.0 Å². The Morgan fingerprint density at radius 3 is 2.22 bits per heavy atom. The summed E-state index contributed by atoms with van der Waals surface area (Å²) in [5.41, 5.74) is -0.620. The Labute approximate surface area is 103 Å². The van der Waals surface area contributed by atoms with E-state index in [4.69, 9.17) is 0 Å². The highest BCUT2D eigenvalue weighted by molar-refractivity contribution is 5.78. The van der Waals surface area contributed by atoms with Crippen LogP contribution in [0.2, 0.25) is 0 Å². The maximum absolute atomic E-state index is 12.9. The molecule has 0 atom stereocenters. The third-order valence-corrected chi connectivity index (χ3v) is 3.44. The topological polar surface area (TPSA) is 29.1 Å². The first kappa shape index (κ1) is 12.9. The highest BCUT2D eigenvalue weighted by Gasteiger charge is 2.64. The van der Waals surface area contributed by atoms with Crippen molar-refractivity contribution in [2.45, 2.75) is 30.9 Å². The van der Waals surface area contributed by atoms with Gasteiger partial charge in [0, 0.05) is 7.05 Å². The van der Waals surface area contributed by atoms with E-state index in [0.717, 1.165) is 5.56 Å². The van der Waals surface area contributed by atoms with Gasteiger partial charge in [-0.05, 0) is 24.0 Å². The fourth-order valence-electron chi connectivity index (χ4n) is 2.08. The van der Waals surface area contributed by atoms with Gasteiger partial charge < -0.3 is 5.32 Å². The molecular weight excluding hydrogens is 243 g/mol. The zero-order chi connectivity index (χ0) is 13.4. The lowest BCUT2D eigenvalue weighted by molar-refractivity contribution is -0.160. The number of carbonyl (C=O) groups is 1. The molecule has 98 valence electrons. The van der Waals surface area contributed by atoms with Gasteiger partial charge in [-0.15, -0.1) is 0 Å². The average Bonchev–Trinajstić information content (AvgIpc) is 3.10. The minimum Gasteiger partial charge on any atom is -0.359 e. The molecule has 1 aliphatic rings. The summed E-state index contributed by atoms with van der Waals surface area (Å²) in [6, 6.07) is 6.16. The van der Waals surface area contributed by atoms with E-state index in [0.29, 0.717) is 5.56 Å². The zero-order valence-electron chi connectivity index (χ0n) is 9.97. The van der Waals surface area contributed by atoms with Crippen LogP contribution in [-0.2, 0) is 16.6 Å². The van der Waals surface area contributed by atoms with Crippen molar-refractivity contribution in [3.05, 3.63) is 35.4 Å². The predicted molar refractivity (Wildman–Crippen MR) is 61.2 cm³/mol. The van der Waals surface area contributed by atoms with Crippen molar-refractivity contribution >= 4 is 5.91 Å². The number of carbonyl (C=O) groups excluding carboxylic acids is 1. The minimum atomic E-state index is -4.19. The number of amides is 1. The lowest BCUT2D eigenvalue weighted by atomic mass is 9.94. The summed E-state index contributed by atoms with van der Waals surface area (Å²) in [7, 11) is 1.53. The van der Waals surface area contributed by atoms with E-state index in [-0.39, 0.29) is 25.2 Å². The third kappa shape index (κ3) is 2.21. The number of benzene rings is 1. The Morgan fingerprint density at radius 2 is 1.83 bits per heavy atom. The molecule has 1 aromatic carbocycles. The van der Waals surface area contributed by atoms with E-state index in [1.54, 1.807) is 12.1 Å². The normalized spacial score (nSPS) is 17.3. The molecule has 18 heavy (non-hydrogen) atoms. The van der Waals surface area contributed by atoms with Gasteiger partial charge in [0.2, 0.25) is 5.91 Å². The fourth-order valence-corrected chi connectivity index (χ4v) is 2.08. The van der Waals surface area contributed by atoms with Crippen molar-refractivity contribution < 1.29 is 18.0 Å². The molecule has 0 aliphatic heterocycles. The molecule has 0 radical (unpaired) electrons. The second-order valence-electron chi connectivity index (χ2n) is 4.63. The van der Waals surface area contributed by atoms with Crippen LogP contribution in [0.5, 0.6) is 0 Å². The summed E-state index contributed by atoms with van der Waals surface area (Å²) in [5, 5.41) is 2.48. The molecule has 0 unspecified atom stereocenters. The summed E-state index contributed by atoms with van der Waals surface area (Å²) in [5.74, 6) is -0.153. The van der Waals surface area contributed by atoms with Crippen molar-refractivity contribution in [2.24, 2.45) is 0 Å². The molecule has 2 rings (SSSR count). The fraction of sp³-hybridized carbons (Fsp3) is 0.462. The molecule has 1 N–H and O–H groups in total. The first-order valence-electron chi connectivity index (χ1n) is 5.76. The Morgan fingerprint density at radius 1 is 1.28 bits per heavy atom. The van der Waals surface area contributed by atoms with Crippen molar-refractivity contribution in [2.75, 3.05) is 7.05 Å². The van der Waals surface area contributed by atoms with Crippen LogP contribution in [0.3, 0.4) is 0 Å². The zero-order valence-corrected chi connectivity index (χ0v) is 9.97. The maximum atomic E-state index is 12.9. The molecule has 1 saturated carbocycles. The largest absolute Gasteiger partial charge is 0.398 e. The SMILES string of the molecule is CNC(=O)Cc1ccc(C2(C(F)(F)F)CC2)cc1. The van der Waals surface area contributed by atoms with Crippen LogP contribution >= 0.6 is 0 Å². The van der Waals surface area contributed by atoms with Crippen LogP contribution in [0, 0.1) is 0 Å². The number of alkyl halides is 3. The van der Waals surface area contributed by atoms with Crippen LogP contribution in [0.25, 0.3) is 0 Å². The van der Waals surface area contributed by atoms with Crippen molar-refractivity contribution in [1.29, 1.82) is 0 Å². The van der Waals surface area contributed by atoms with Gasteiger partial charge in [-0.3, -0.25) is 4.79 Å². The summed E-state index contributed by atoms with van der Waals surface area (Å²) >= 11 is 0. The van der Waals surface area contributed by atoms with E-state index in [2.05, 4.69) is 5.32 Å². The highest BCUT2D eigenvalue weighted by Crippen LogP contribution is 2.58. The van der Waals surface area contributed by atoms with Gasteiger partial charge in [-0.2, -0.15) is 13.2 Å². The van der Waals surface area contributed by atoms with E-state index < -0.39 is 11.6 Å². The summed E-state index contributed by atoms with van der Waals surface area (Å²) in [6.07, 6.45) is -3.68. The van der Waals surface area contributed by atoms with Crippen LogP contribution in [-0.4, -0.2) is 19.1 Å². The molecule has 2 nitrogen and oxygen atoms in total. The monoisotopic (exact) mass is 257 g/mol. The molecule has 0 bridgehead atoms. The molecule has 0 saturated heterocycles. The third-order valence-electron chi connectivity index (χ3n) is 3.44. The molecular formula is C13H14F3NO. The first-order chi connectivity index (χ1) is 8.39. The van der Waals surface area contributed by atoms with Crippen molar-refractivity contribution in [1.82, 2.24) is 5.32 Å². The highest BCUT2D eigenvalue weighted by atomic mass is 19.4. The van der Waals surface area contributed by atoms with Crippen LogP contribution in [0.15, 0.2) is 24.3 Å². The van der Waals surface area contributed by atoms with Gasteiger partial charge in [-0.1, -0.05) is 24.3 Å². The Bertz CT molecular complexity index is 446. The number of hydrogen-bond acceptors (Lipinski definition) is 1. The molecule has 5 heteroatoms. The number of halogens is 3. The minimum absolute atomic E-state index is 0.153. The first-order valence-corrected chi connectivity index (χ1v) is 5.76. The van der Waals surface area contributed by atoms with Gasteiger partial charge in [0.15, 0.2) is 0 Å². The molecule has 1 aromatic rings. The summed E-state index contributed by atoms with van der Waals surface area (Å²) < 4.78 is 38.6. The molecule has 1 fully saturated rings. The lowest BCUT2D eigenvalue weighted by Crippen LogP contribution is -2.28. The van der Waals surface area contributed by atoms with Crippen LogP contribution < -0.4 is 5.32 Å². The van der Waals surface area contributed by atoms with Crippen molar-refractivity contribution in [3.63, 3.8) is 0 Å². The standard InChI is InChI=1S/C13H14F3NO/c1-17-11(18)8-9-2-4-10(5-3-9)12(6-7-12)13(14,15)16/h2-5H,6-8H2,1H3,(H,17,18). The molecule has 1 amide bonds. The second kappa shape index (κ2) is 4.30. The molecule has 1 aliphatic carbocycles. The summed E-state index contributed by atoms with van der Waals surface area (Å²) in [4.78, 5) is 11.1. The van der Waals surface area contributed by atoms with Gasteiger partial charge in [0.1, 0.15) is 0 Å². The van der Waals surface area contributed by atoms with E-state index >= 15 is 0 Å². The van der Waals surface area contributed by atoms with Crippen molar-refractivity contribution in [3.8, 4) is 0 Å². The maximum Gasteiger partial charge on any atom is 0.398 e. The Hall–Kier alpha value is -1.52. The molecule has 0 spiro atoms. The van der Waals surface area contributed by atoms with Crippen LogP contribution in [0.4, 0.5) is 13.2 Å². The number of hydrogen-bond donors (Lipinski definition) is 1. The van der Waals surface area contributed by atoms with Gasteiger partial charge in [0.05, 0.1) is 11.8 Å². The Balaban J connectivity index is 2.16. The van der Waals surface area contributed by atoms with Gasteiger partial charge in [-0.25, -0.2) is 0 Å². The lowest BCUT2D eigenvalue weighted by Gasteiger charge is -2.19. The predicted octanol–water partition coefficient (Wildman–Crippen LogP) is 2.57. The number of rotatable bonds is 3. The van der Waals surface area contributed by atoms with Crippen LogP contribution in [0.1, 0.15) is 24.0 Å². The average molecular weight is 257 g/mol. The Kier molecular flexibility index (Phi) is 3.09. The number of likely N-dealkylation sites (N-methyl/N-ethyl adjacent to an activating group) is 1. The van der Waals surface area contributed by atoms with Gasteiger partial charge in [0.25, 0.3) is 0 Å².